The molecule has 2 nitrogen and oxygen atoms in total. The van der Waals surface area contributed by atoms with Crippen molar-refractivity contribution in [1.29, 1.82) is 0 Å². The fourth-order valence-corrected chi connectivity index (χ4v) is 2.38. The molecule has 0 fully saturated rings. The van der Waals surface area contributed by atoms with Crippen LogP contribution in [0.4, 0.5) is 0 Å². The summed E-state index contributed by atoms with van der Waals surface area (Å²) in [5.74, 6) is 0.512. The van der Waals surface area contributed by atoms with Gasteiger partial charge in [-0.2, -0.15) is 0 Å². The molecule has 1 unspecified atom stereocenters. The van der Waals surface area contributed by atoms with Gasteiger partial charge in [-0.05, 0) is 57.2 Å². The highest BCUT2D eigenvalue weighted by molar-refractivity contribution is 9.10. The van der Waals surface area contributed by atoms with Crippen LogP contribution in [0.25, 0.3) is 0 Å². The number of ether oxygens (including phenoxy) is 1. The van der Waals surface area contributed by atoms with Crippen LogP contribution in [-0.4, -0.2) is 19.3 Å². The second-order valence-electron chi connectivity index (χ2n) is 5.40. The standard InChI is InChI=1S/C15H24BrNO/c1-15(2,18-3)9-8-12(11-17)10-13-6-4-5-7-14(13)16/h4-7,12H,8-11,17H2,1-3H3. The largest absolute Gasteiger partial charge is 0.379 e. The molecule has 102 valence electrons. The van der Waals surface area contributed by atoms with Crippen LogP contribution >= 0.6 is 15.9 Å². The highest BCUT2D eigenvalue weighted by Gasteiger charge is 2.19. The maximum absolute atomic E-state index is 5.89. The van der Waals surface area contributed by atoms with Gasteiger partial charge in [-0.15, -0.1) is 0 Å². The van der Waals surface area contributed by atoms with Gasteiger partial charge in [-0.3, -0.25) is 0 Å². The monoisotopic (exact) mass is 313 g/mol. The Morgan fingerprint density at radius 1 is 1.33 bits per heavy atom. The van der Waals surface area contributed by atoms with Crippen molar-refractivity contribution in [3.05, 3.63) is 34.3 Å². The predicted molar refractivity (Wildman–Crippen MR) is 80.7 cm³/mol. The van der Waals surface area contributed by atoms with Crippen LogP contribution < -0.4 is 5.73 Å². The van der Waals surface area contributed by atoms with Gasteiger partial charge in [-0.25, -0.2) is 0 Å². The van der Waals surface area contributed by atoms with Gasteiger partial charge < -0.3 is 10.5 Å². The van der Waals surface area contributed by atoms with E-state index in [2.05, 4.69) is 48.0 Å². The molecule has 0 bridgehead atoms. The Balaban J connectivity index is 2.55. The van der Waals surface area contributed by atoms with E-state index in [1.54, 1.807) is 7.11 Å². The highest BCUT2D eigenvalue weighted by atomic mass is 79.9. The number of halogens is 1. The number of hydrogen-bond acceptors (Lipinski definition) is 2. The Hall–Kier alpha value is -0.380. The average molecular weight is 314 g/mol. The summed E-state index contributed by atoms with van der Waals surface area (Å²) in [6, 6.07) is 8.36. The van der Waals surface area contributed by atoms with Crippen LogP contribution in [0.3, 0.4) is 0 Å². The molecule has 2 N–H and O–H groups in total. The quantitative estimate of drug-likeness (QED) is 0.831. The highest BCUT2D eigenvalue weighted by Crippen LogP contribution is 2.24. The van der Waals surface area contributed by atoms with Crippen LogP contribution in [0.2, 0.25) is 0 Å². The minimum Gasteiger partial charge on any atom is -0.379 e. The first-order chi connectivity index (χ1) is 8.48. The van der Waals surface area contributed by atoms with Crippen molar-refractivity contribution in [1.82, 2.24) is 0 Å². The Labute approximate surface area is 119 Å². The molecule has 0 radical (unpaired) electrons. The number of benzene rings is 1. The van der Waals surface area contributed by atoms with E-state index >= 15 is 0 Å². The van der Waals surface area contributed by atoms with Gasteiger partial charge in [0.25, 0.3) is 0 Å². The predicted octanol–water partition coefficient (Wildman–Crippen LogP) is 3.77. The lowest BCUT2D eigenvalue weighted by Crippen LogP contribution is -2.26. The van der Waals surface area contributed by atoms with E-state index in [9.17, 15) is 0 Å². The van der Waals surface area contributed by atoms with Gasteiger partial charge >= 0.3 is 0 Å². The first-order valence-electron chi connectivity index (χ1n) is 6.47. The van der Waals surface area contributed by atoms with Crippen molar-refractivity contribution in [2.45, 2.75) is 38.7 Å². The van der Waals surface area contributed by atoms with Crippen LogP contribution in [0.1, 0.15) is 32.3 Å². The molecule has 3 heteroatoms. The summed E-state index contributed by atoms with van der Waals surface area (Å²) in [6.45, 7) is 4.97. The first kappa shape index (κ1) is 15.7. The van der Waals surface area contributed by atoms with Gasteiger partial charge in [0, 0.05) is 11.6 Å². The van der Waals surface area contributed by atoms with Gasteiger partial charge in [0.15, 0.2) is 0 Å². The van der Waals surface area contributed by atoms with Crippen LogP contribution in [0.5, 0.6) is 0 Å². The molecule has 0 spiro atoms. The zero-order valence-corrected chi connectivity index (χ0v) is 13.2. The van der Waals surface area contributed by atoms with Gasteiger partial charge in [0.1, 0.15) is 0 Å². The Morgan fingerprint density at radius 3 is 2.56 bits per heavy atom. The molecular weight excluding hydrogens is 290 g/mol. The van der Waals surface area contributed by atoms with Crippen molar-refractivity contribution in [3.8, 4) is 0 Å². The molecule has 1 atom stereocenters. The minimum atomic E-state index is -0.0542. The maximum atomic E-state index is 5.89. The molecule has 0 amide bonds. The summed E-state index contributed by atoms with van der Waals surface area (Å²) in [4.78, 5) is 0. The van der Waals surface area contributed by atoms with Crippen LogP contribution in [-0.2, 0) is 11.2 Å². The van der Waals surface area contributed by atoms with E-state index in [1.807, 2.05) is 6.07 Å². The summed E-state index contributed by atoms with van der Waals surface area (Å²) < 4.78 is 6.63. The van der Waals surface area contributed by atoms with Crippen LogP contribution in [0.15, 0.2) is 28.7 Å². The number of rotatable bonds is 7. The van der Waals surface area contributed by atoms with Gasteiger partial charge in [-0.1, -0.05) is 34.1 Å². The summed E-state index contributed by atoms with van der Waals surface area (Å²) >= 11 is 3.59. The van der Waals surface area contributed by atoms with Crippen molar-refractivity contribution in [3.63, 3.8) is 0 Å². The van der Waals surface area contributed by atoms with E-state index in [-0.39, 0.29) is 5.60 Å². The number of methoxy groups -OCH3 is 1. The lowest BCUT2D eigenvalue weighted by molar-refractivity contribution is 0.0106. The molecular formula is C15H24BrNO. The van der Waals surface area contributed by atoms with Crippen molar-refractivity contribution < 1.29 is 4.74 Å². The SMILES string of the molecule is COC(C)(C)CCC(CN)Cc1ccccc1Br. The lowest BCUT2D eigenvalue weighted by atomic mass is 9.90. The summed E-state index contributed by atoms with van der Waals surface area (Å²) in [5.41, 5.74) is 7.17. The van der Waals surface area contributed by atoms with Crippen molar-refractivity contribution in [2.24, 2.45) is 11.7 Å². The number of nitrogens with two attached hydrogens (primary N) is 1. The average Bonchev–Trinajstić information content (AvgIpc) is 2.36. The molecule has 1 rings (SSSR count). The Kier molecular flexibility index (Phi) is 6.33. The molecule has 0 aliphatic heterocycles. The van der Waals surface area contributed by atoms with E-state index < -0.39 is 0 Å². The lowest BCUT2D eigenvalue weighted by Gasteiger charge is -2.25. The minimum absolute atomic E-state index is 0.0542. The topological polar surface area (TPSA) is 35.2 Å². The normalized spacial score (nSPS) is 13.6. The molecule has 0 heterocycles. The van der Waals surface area contributed by atoms with Crippen molar-refractivity contribution in [2.75, 3.05) is 13.7 Å². The summed E-state index contributed by atoms with van der Waals surface area (Å²) in [6.07, 6.45) is 3.16. The summed E-state index contributed by atoms with van der Waals surface area (Å²) in [5, 5.41) is 0. The van der Waals surface area contributed by atoms with Crippen molar-refractivity contribution >= 4 is 15.9 Å². The molecule has 0 aliphatic carbocycles. The maximum Gasteiger partial charge on any atom is 0.0622 e. The zero-order valence-electron chi connectivity index (χ0n) is 11.6. The molecule has 0 aromatic heterocycles. The third-order valence-electron chi connectivity index (χ3n) is 3.51. The van der Waals surface area contributed by atoms with Crippen LogP contribution in [0, 0.1) is 5.92 Å². The number of hydrogen-bond donors (Lipinski definition) is 1. The fraction of sp³-hybridized carbons (Fsp3) is 0.600. The smallest absolute Gasteiger partial charge is 0.0622 e. The first-order valence-corrected chi connectivity index (χ1v) is 7.26. The van der Waals surface area contributed by atoms with Gasteiger partial charge in [0.05, 0.1) is 5.60 Å². The third kappa shape index (κ3) is 5.09. The van der Waals surface area contributed by atoms with Gasteiger partial charge in [0.2, 0.25) is 0 Å². The third-order valence-corrected chi connectivity index (χ3v) is 4.28. The van der Waals surface area contributed by atoms with E-state index in [0.29, 0.717) is 5.92 Å². The Bertz CT molecular complexity index is 365. The molecule has 0 saturated heterocycles. The molecule has 0 saturated carbocycles. The fourth-order valence-electron chi connectivity index (χ4n) is 1.93. The zero-order chi connectivity index (χ0) is 13.6. The summed E-state index contributed by atoms with van der Waals surface area (Å²) in [7, 11) is 1.77. The van der Waals surface area contributed by atoms with E-state index in [0.717, 1.165) is 25.8 Å². The van der Waals surface area contributed by atoms with E-state index in [1.165, 1.54) is 10.0 Å². The molecule has 1 aromatic carbocycles. The Morgan fingerprint density at radius 2 is 2.00 bits per heavy atom. The molecule has 18 heavy (non-hydrogen) atoms. The second-order valence-corrected chi connectivity index (χ2v) is 6.25. The molecule has 1 aromatic rings. The molecule has 0 aliphatic rings. The van der Waals surface area contributed by atoms with E-state index in [4.69, 9.17) is 10.5 Å². The second kappa shape index (κ2) is 7.27.